The number of hydrogen-bond acceptors (Lipinski definition) is 6. The maximum Gasteiger partial charge on any atom is 0.282 e. The number of nitrogens with one attached hydrogen (secondary N) is 1. The van der Waals surface area contributed by atoms with E-state index in [0.717, 1.165) is 22.5 Å². The van der Waals surface area contributed by atoms with Crippen molar-refractivity contribution >= 4 is 40.0 Å². The number of phenols is 1. The Morgan fingerprint density at radius 2 is 1.96 bits per heavy atom. The number of hydrogen-bond donors (Lipinski definition) is 2. The number of phenolic OH excluding ortho intramolecular Hbond substituents is 1. The first kappa shape index (κ1) is 19.9. The van der Waals surface area contributed by atoms with Gasteiger partial charge in [0.15, 0.2) is 16.5 Å². The van der Waals surface area contributed by atoms with E-state index < -0.39 is 0 Å². The van der Waals surface area contributed by atoms with E-state index in [1.54, 1.807) is 18.2 Å². The van der Waals surface area contributed by atoms with Crippen LogP contribution < -0.4 is 10.1 Å². The smallest absolute Gasteiger partial charge is 0.282 e. The summed E-state index contributed by atoms with van der Waals surface area (Å²) in [6.07, 6.45) is 1.68. The van der Waals surface area contributed by atoms with Gasteiger partial charge in [0.1, 0.15) is 0 Å². The van der Waals surface area contributed by atoms with E-state index in [0.29, 0.717) is 28.9 Å². The lowest BCUT2D eigenvalue weighted by Gasteiger charge is -2.06. The average Bonchev–Trinajstić information content (AvgIpc) is 3.20. The Morgan fingerprint density at radius 1 is 1.21 bits per heavy atom. The van der Waals surface area contributed by atoms with Gasteiger partial charge >= 0.3 is 0 Å². The van der Waals surface area contributed by atoms with E-state index in [1.165, 1.54) is 6.07 Å². The van der Waals surface area contributed by atoms with Crippen LogP contribution in [0, 0.1) is 0 Å². The highest BCUT2D eigenvalue weighted by Crippen LogP contribution is 2.30. The number of carbonyl (C=O) groups is 1. The molecule has 0 atom stereocenters. The van der Waals surface area contributed by atoms with Crippen LogP contribution in [0.4, 0.5) is 0 Å². The van der Waals surface area contributed by atoms with Crippen molar-refractivity contribution in [3.8, 4) is 11.5 Å². The number of benzene rings is 2. The van der Waals surface area contributed by atoms with Crippen molar-refractivity contribution in [1.82, 2.24) is 15.5 Å². The summed E-state index contributed by atoms with van der Waals surface area (Å²) in [6.45, 7) is 2.68. The van der Waals surface area contributed by atoms with Crippen molar-refractivity contribution in [2.45, 2.75) is 13.5 Å². The Bertz CT molecular complexity index is 989. The number of nitrogens with zero attached hydrogens (tertiary/aromatic N) is 2. The third-order valence-corrected chi connectivity index (χ3v) is 5.05. The number of amides is 1. The normalized spacial score (nSPS) is 11.3. The van der Waals surface area contributed by atoms with Crippen molar-refractivity contribution in [2.24, 2.45) is 0 Å². The highest BCUT2D eigenvalue weighted by molar-refractivity contribution is 7.15. The fraction of sp³-hybridized carbons (Fsp3) is 0.150. The minimum atomic E-state index is -0.305. The molecule has 0 aliphatic rings. The Balaban J connectivity index is 1.69. The predicted molar refractivity (Wildman–Crippen MR) is 111 cm³/mol. The van der Waals surface area contributed by atoms with E-state index in [-0.39, 0.29) is 16.7 Å². The second kappa shape index (κ2) is 9.34. The van der Waals surface area contributed by atoms with Crippen LogP contribution in [0.15, 0.2) is 48.5 Å². The standard InChI is InChI=1S/C20H18ClN3O3S/c1-2-27-17-11-14(8-9-16(17)25)10-15(21)19-23-24-20(28-19)18(26)22-12-13-6-4-3-5-7-13/h3-11,25H,2,12H2,1H3,(H,22,26)/b15-10-. The maximum atomic E-state index is 12.3. The molecule has 0 aliphatic carbocycles. The predicted octanol–water partition coefficient (Wildman–Crippen LogP) is 4.31. The molecule has 0 radical (unpaired) electrons. The van der Waals surface area contributed by atoms with Crippen LogP contribution in [0.5, 0.6) is 11.5 Å². The fourth-order valence-corrected chi connectivity index (χ4v) is 3.31. The monoisotopic (exact) mass is 415 g/mol. The fourth-order valence-electron chi connectivity index (χ4n) is 2.36. The number of ether oxygens (including phenoxy) is 1. The lowest BCUT2D eigenvalue weighted by Crippen LogP contribution is -2.22. The third-order valence-electron chi connectivity index (χ3n) is 3.70. The number of rotatable bonds is 7. The zero-order valence-corrected chi connectivity index (χ0v) is 16.6. The highest BCUT2D eigenvalue weighted by Gasteiger charge is 2.14. The lowest BCUT2D eigenvalue weighted by molar-refractivity contribution is 0.0950. The average molecular weight is 416 g/mol. The van der Waals surface area contributed by atoms with Gasteiger partial charge in [-0.1, -0.05) is 59.3 Å². The van der Waals surface area contributed by atoms with Gasteiger partial charge in [-0.05, 0) is 36.3 Å². The molecule has 28 heavy (non-hydrogen) atoms. The topological polar surface area (TPSA) is 84.3 Å². The van der Waals surface area contributed by atoms with Crippen molar-refractivity contribution in [1.29, 1.82) is 0 Å². The zero-order chi connectivity index (χ0) is 19.9. The SMILES string of the molecule is CCOc1cc(/C=C(\Cl)c2nnc(C(=O)NCc3ccccc3)s2)ccc1O. The van der Waals surface area contributed by atoms with Gasteiger partial charge < -0.3 is 15.2 Å². The van der Waals surface area contributed by atoms with E-state index in [2.05, 4.69) is 15.5 Å². The first-order valence-corrected chi connectivity index (χ1v) is 9.75. The summed E-state index contributed by atoms with van der Waals surface area (Å²) in [5, 5.41) is 21.5. The summed E-state index contributed by atoms with van der Waals surface area (Å²) in [5.74, 6) is 0.128. The van der Waals surface area contributed by atoms with E-state index >= 15 is 0 Å². The molecular weight excluding hydrogens is 398 g/mol. The molecule has 2 N–H and O–H groups in total. The molecule has 1 amide bonds. The molecular formula is C20H18ClN3O3S. The molecule has 144 valence electrons. The van der Waals surface area contributed by atoms with Gasteiger partial charge in [-0.25, -0.2) is 0 Å². The lowest BCUT2D eigenvalue weighted by atomic mass is 10.2. The van der Waals surface area contributed by atoms with Gasteiger partial charge in [0.25, 0.3) is 5.91 Å². The number of aromatic hydroxyl groups is 1. The van der Waals surface area contributed by atoms with Crippen LogP contribution in [0.1, 0.15) is 32.9 Å². The van der Waals surface area contributed by atoms with Crippen molar-refractivity contribution < 1.29 is 14.6 Å². The third kappa shape index (κ3) is 5.09. The van der Waals surface area contributed by atoms with E-state index in [4.69, 9.17) is 16.3 Å². The second-order valence-electron chi connectivity index (χ2n) is 5.73. The summed E-state index contributed by atoms with van der Waals surface area (Å²) in [6, 6.07) is 14.5. The largest absolute Gasteiger partial charge is 0.504 e. The van der Waals surface area contributed by atoms with Crippen LogP contribution >= 0.6 is 22.9 Å². The molecule has 0 fully saturated rings. The first-order chi connectivity index (χ1) is 13.6. The van der Waals surface area contributed by atoms with Crippen LogP contribution in [0.2, 0.25) is 0 Å². The summed E-state index contributed by atoms with van der Waals surface area (Å²) in [7, 11) is 0. The summed E-state index contributed by atoms with van der Waals surface area (Å²) in [5.41, 5.74) is 1.73. The van der Waals surface area contributed by atoms with Crippen LogP contribution in [-0.2, 0) is 6.54 Å². The van der Waals surface area contributed by atoms with Crippen LogP contribution in [0.3, 0.4) is 0 Å². The van der Waals surface area contributed by atoms with Gasteiger partial charge in [0.2, 0.25) is 5.01 Å². The Kier molecular flexibility index (Phi) is 6.62. The first-order valence-electron chi connectivity index (χ1n) is 8.56. The van der Waals surface area contributed by atoms with Crippen LogP contribution in [-0.4, -0.2) is 27.8 Å². The van der Waals surface area contributed by atoms with E-state index in [9.17, 15) is 9.90 Å². The molecule has 3 aromatic rings. The minimum Gasteiger partial charge on any atom is -0.504 e. The molecule has 8 heteroatoms. The molecule has 3 rings (SSSR count). The summed E-state index contributed by atoms with van der Waals surface area (Å²) in [4.78, 5) is 12.3. The minimum absolute atomic E-state index is 0.0587. The molecule has 1 aromatic heterocycles. The molecule has 0 saturated carbocycles. The summed E-state index contributed by atoms with van der Waals surface area (Å²) >= 11 is 7.44. The Hall–Kier alpha value is -2.90. The molecule has 6 nitrogen and oxygen atoms in total. The van der Waals surface area contributed by atoms with Gasteiger partial charge in [0.05, 0.1) is 11.6 Å². The maximum absolute atomic E-state index is 12.3. The molecule has 0 aliphatic heterocycles. The second-order valence-corrected chi connectivity index (χ2v) is 7.12. The summed E-state index contributed by atoms with van der Waals surface area (Å²) < 4.78 is 5.36. The number of aromatic nitrogens is 2. The molecule has 0 unspecified atom stereocenters. The Labute approximate surface area is 171 Å². The molecule has 0 spiro atoms. The number of halogens is 1. The van der Waals surface area contributed by atoms with Gasteiger partial charge in [-0.2, -0.15) is 0 Å². The molecule has 0 bridgehead atoms. The van der Waals surface area contributed by atoms with Crippen LogP contribution in [0.25, 0.3) is 11.1 Å². The van der Waals surface area contributed by atoms with Crippen molar-refractivity contribution in [2.75, 3.05) is 6.61 Å². The zero-order valence-electron chi connectivity index (χ0n) is 15.1. The van der Waals surface area contributed by atoms with Crippen molar-refractivity contribution in [3.63, 3.8) is 0 Å². The highest BCUT2D eigenvalue weighted by atomic mass is 35.5. The quantitative estimate of drug-likeness (QED) is 0.600. The van der Waals surface area contributed by atoms with Crippen molar-refractivity contribution in [3.05, 3.63) is 69.7 Å². The van der Waals surface area contributed by atoms with Gasteiger partial charge in [-0.3, -0.25) is 4.79 Å². The van der Waals surface area contributed by atoms with E-state index in [1.807, 2.05) is 37.3 Å². The van der Waals surface area contributed by atoms with Gasteiger partial charge in [-0.15, -0.1) is 10.2 Å². The Morgan fingerprint density at radius 3 is 2.71 bits per heavy atom. The molecule has 1 heterocycles. The number of carbonyl (C=O) groups excluding carboxylic acids is 1. The molecule has 0 saturated heterocycles. The van der Waals surface area contributed by atoms with Gasteiger partial charge in [0, 0.05) is 6.54 Å². The molecule has 2 aromatic carbocycles.